The summed E-state index contributed by atoms with van der Waals surface area (Å²) in [6, 6.07) is 22.9. The normalized spacial score (nSPS) is 16.8. The first-order valence-corrected chi connectivity index (χ1v) is 12.2. The molecule has 2 heterocycles. The minimum absolute atomic E-state index is 0.141. The molecule has 2 atom stereocenters. The molecule has 7 heteroatoms. The Kier molecular flexibility index (Phi) is 7.12. The number of para-hydroxylation sites is 1. The molecule has 5 nitrogen and oxygen atoms in total. The predicted molar refractivity (Wildman–Crippen MR) is 137 cm³/mol. The van der Waals surface area contributed by atoms with E-state index in [1.807, 2.05) is 54.7 Å². The number of rotatable bonds is 9. The number of nitrogens with zero attached hydrogens (tertiary/aromatic N) is 2. The fraction of sp³-hybridized carbons (Fsp3) is 0.200. The number of pyridine rings is 1. The molecule has 4 aromatic rings. The second-order valence-electron chi connectivity index (χ2n) is 8.81. The largest absolute Gasteiger partial charge is 0.493 e. The van der Waals surface area contributed by atoms with Gasteiger partial charge in [-0.1, -0.05) is 43.3 Å². The smallest absolute Gasteiger partial charge is 0.271 e. The SMILES string of the molecule is CCc1ccc(CCOc2ccc(C3C(Oc4ccccc4)C(=O)N3c3cc(F)cc(F)c3)cc2)nc1. The second-order valence-corrected chi connectivity index (χ2v) is 8.81. The van der Waals surface area contributed by atoms with E-state index in [0.29, 0.717) is 24.5 Å². The lowest BCUT2D eigenvalue weighted by atomic mass is 9.89. The van der Waals surface area contributed by atoms with E-state index in [1.165, 1.54) is 10.5 Å². The van der Waals surface area contributed by atoms with Gasteiger partial charge in [0.25, 0.3) is 5.91 Å². The van der Waals surface area contributed by atoms with Crippen LogP contribution >= 0.6 is 0 Å². The summed E-state index contributed by atoms with van der Waals surface area (Å²) in [5, 5.41) is 0. The van der Waals surface area contributed by atoms with Crippen molar-refractivity contribution in [3.05, 3.63) is 120 Å². The van der Waals surface area contributed by atoms with Crippen molar-refractivity contribution in [1.82, 2.24) is 4.98 Å². The average molecular weight is 501 g/mol. The van der Waals surface area contributed by atoms with E-state index in [0.717, 1.165) is 35.9 Å². The van der Waals surface area contributed by atoms with Gasteiger partial charge in [-0.15, -0.1) is 0 Å². The summed E-state index contributed by atoms with van der Waals surface area (Å²) in [4.78, 5) is 18.9. The fourth-order valence-electron chi connectivity index (χ4n) is 4.36. The number of aromatic nitrogens is 1. The Bertz CT molecular complexity index is 1340. The Morgan fingerprint density at radius 1 is 0.892 bits per heavy atom. The maximum Gasteiger partial charge on any atom is 0.271 e. The first-order chi connectivity index (χ1) is 18.0. The van der Waals surface area contributed by atoms with Gasteiger partial charge in [0.05, 0.1) is 12.3 Å². The topological polar surface area (TPSA) is 51.7 Å². The van der Waals surface area contributed by atoms with E-state index in [4.69, 9.17) is 9.47 Å². The number of aryl methyl sites for hydroxylation is 1. The molecule has 0 aliphatic carbocycles. The van der Waals surface area contributed by atoms with E-state index in [-0.39, 0.29) is 11.6 Å². The van der Waals surface area contributed by atoms with Crippen LogP contribution in [0, 0.1) is 11.6 Å². The summed E-state index contributed by atoms with van der Waals surface area (Å²) in [7, 11) is 0. The number of hydrogen-bond acceptors (Lipinski definition) is 4. The average Bonchev–Trinajstić information content (AvgIpc) is 2.91. The molecule has 1 amide bonds. The van der Waals surface area contributed by atoms with Crippen LogP contribution in [0.3, 0.4) is 0 Å². The molecule has 0 radical (unpaired) electrons. The number of carbonyl (C=O) groups excluding carboxylic acids is 1. The zero-order chi connectivity index (χ0) is 25.8. The molecule has 3 aromatic carbocycles. The number of carbonyl (C=O) groups is 1. The molecule has 0 spiro atoms. The Morgan fingerprint density at radius 2 is 1.62 bits per heavy atom. The number of amides is 1. The number of β-lactam (4-membered cyclic amide) rings is 1. The Balaban J connectivity index is 1.32. The third kappa shape index (κ3) is 5.45. The van der Waals surface area contributed by atoms with Crippen LogP contribution in [0.1, 0.15) is 29.8 Å². The number of ether oxygens (including phenoxy) is 2. The highest BCUT2D eigenvalue weighted by Crippen LogP contribution is 2.42. The van der Waals surface area contributed by atoms with Crippen molar-refractivity contribution in [1.29, 1.82) is 0 Å². The molecule has 1 aliphatic rings. The van der Waals surface area contributed by atoms with Gasteiger partial charge in [0, 0.05) is 24.4 Å². The van der Waals surface area contributed by atoms with Crippen LogP contribution in [-0.4, -0.2) is 23.6 Å². The van der Waals surface area contributed by atoms with Crippen molar-refractivity contribution >= 4 is 11.6 Å². The van der Waals surface area contributed by atoms with Gasteiger partial charge in [-0.25, -0.2) is 8.78 Å². The maximum atomic E-state index is 14.0. The highest BCUT2D eigenvalue weighted by atomic mass is 19.1. The Hall–Kier alpha value is -4.26. The van der Waals surface area contributed by atoms with E-state index in [9.17, 15) is 13.6 Å². The van der Waals surface area contributed by atoms with Gasteiger partial charge in [0.1, 0.15) is 29.2 Å². The van der Waals surface area contributed by atoms with Crippen LogP contribution in [0.4, 0.5) is 14.5 Å². The lowest BCUT2D eigenvalue weighted by Gasteiger charge is -2.46. The zero-order valence-corrected chi connectivity index (χ0v) is 20.3. The van der Waals surface area contributed by atoms with Crippen LogP contribution < -0.4 is 14.4 Å². The highest BCUT2D eigenvalue weighted by molar-refractivity contribution is 6.05. The van der Waals surface area contributed by atoms with Crippen molar-refractivity contribution in [2.24, 2.45) is 0 Å². The quantitative estimate of drug-likeness (QED) is 0.262. The molecular formula is C30H26F2N2O3. The summed E-state index contributed by atoms with van der Waals surface area (Å²) < 4.78 is 39.8. The third-order valence-electron chi connectivity index (χ3n) is 6.32. The maximum absolute atomic E-state index is 14.0. The van der Waals surface area contributed by atoms with Crippen LogP contribution in [0.5, 0.6) is 11.5 Å². The third-order valence-corrected chi connectivity index (χ3v) is 6.32. The van der Waals surface area contributed by atoms with Gasteiger partial charge in [0.15, 0.2) is 0 Å². The zero-order valence-electron chi connectivity index (χ0n) is 20.3. The van der Waals surface area contributed by atoms with Gasteiger partial charge in [-0.2, -0.15) is 0 Å². The minimum Gasteiger partial charge on any atom is -0.493 e. The van der Waals surface area contributed by atoms with Crippen molar-refractivity contribution in [3.63, 3.8) is 0 Å². The minimum atomic E-state index is -0.835. The Morgan fingerprint density at radius 3 is 2.27 bits per heavy atom. The molecule has 0 bridgehead atoms. The molecule has 1 saturated heterocycles. The summed E-state index contributed by atoms with van der Waals surface area (Å²) in [6.45, 7) is 2.56. The van der Waals surface area contributed by atoms with Crippen molar-refractivity contribution in [2.45, 2.75) is 31.9 Å². The lowest BCUT2D eigenvalue weighted by molar-refractivity contribution is -0.135. The first-order valence-electron chi connectivity index (χ1n) is 12.2. The summed E-state index contributed by atoms with van der Waals surface area (Å²) in [5.41, 5.74) is 3.05. The van der Waals surface area contributed by atoms with Gasteiger partial charge < -0.3 is 9.47 Å². The highest BCUT2D eigenvalue weighted by Gasteiger charge is 2.51. The van der Waals surface area contributed by atoms with Crippen molar-refractivity contribution in [2.75, 3.05) is 11.5 Å². The van der Waals surface area contributed by atoms with Crippen LogP contribution in [0.2, 0.25) is 0 Å². The van der Waals surface area contributed by atoms with Gasteiger partial charge in [-0.3, -0.25) is 14.7 Å². The molecule has 0 N–H and O–H groups in total. The summed E-state index contributed by atoms with van der Waals surface area (Å²) >= 11 is 0. The van der Waals surface area contributed by atoms with E-state index < -0.39 is 23.8 Å². The van der Waals surface area contributed by atoms with E-state index in [1.54, 1.807) is 12.1 Å². The first kappa shape index (κ1) is 24.4. The molecule has 188 valence electrons. The lowest BCUT2D eigenvalue weighted by Crippen LogP contribution is -2.61. The molecule has 1 fully saturated rings. The standard InChI is InChI=1S/C30H26F2N2O3/c1-2-20-8-11-24(33-19-20)14-15-36-26-12-9-21(10-13-26)28-29(37-27-6-4-3-5-7-27)30(35)34(28)25-17-22(31)16-23(32)18-25/h3-13,16-19,28-29H,2,14-15H2,1H3. The summed E-state index contributed by atoms with van der Waals surface area (Å²) in [5.74, 6) is -0.672. The molecular weight excluding hydrogens is 474 g/mol. The molecule has 1 aromatic heterocycles. The van der Waals surface area contributed by atoms with Crippen LogP contribution in [0.15, 0.2) is 91.1 Å². The molecule has 2 unspecified atom stereocenters. The number of anilines is 1. The van der Waals surface area contributed by atoms with Crippen molar-refractivity contribution in [3.8, 4) is 11.5 Å². The molecule has 5 rings (SSSR count). The van der Waals surface area contributed by atoms with Crippen LogP contribution in [0.25, 0.3) is 0 Å². The van der Waals surface area contributed by atoms with E-state index in [2.05, 4.69) is 18.0 Å². The Labute approximate surface area is 214 Å². The molecule has 1 aliphatic heterocycles. The monoisotopic (exact) mass is 500 g/mol. The predicted octanol–water partition coefficient (Wildman–Crippen LogP) is 6.08. The fourth-order valence-corrected chi connectivity index (χ4v) is 4.36. The summed E-state index contributed by atoms with van der Waals surface area (Å²) in [6.07, 6.45) is 2.67. The van der Waals surface area contributed by atoms with Crippen molar-refractivity contribution < 1.29 is 23.0 Å². The van der Waals surface area contributed by atoms with Gasteiger partial charge in [0.2, 0.25) is 6.10 Å². The number of benzene rings is 3. The number of hydrogen-bond donors (Lipinski definition) is 0. The van der Waals surface area contributed by atoms with Gasteiger partial charge >= 0.3 is 0 Å². The second kappa shape index (κ2) is 10.8. The number of halogens is 2. The van der Waals surface area contributed by atoms with Gasteiger partial charge in [-0.05, 0) is 60.0 Å². The molecule has 0 saturated carbocycles. The van der Waals surface area contributed by atoms with Crippen LogP contribution in [-0.2, 0) is 17.6 Å². The molecule has 37 heavy (non-hydrogen) atoms. The van der Waals surface area contributed by atoms with E-state index >= 15 is 0 Å².